The van der Waals surface area contributed by atoms with Gasteiger partial charge in [0.25, 0.3) is 0 Å². The van der Waals surface area contributed by atoms with E-state index in [2.05, 4.69) is 104 Å². The van der Waals surface area contributed by atoms with Crippen LogP contribution < -0.4 is 20.4 Å². The molecule has 0 unspecified atom stereocenters. The lowest BCUT2D eigenvalue weighted by atomic mass is 10.2. The molecule has 2 aromatic carbocycles. The molecule has 1 aliphatic rings. The Morgan fingerprint density at radius 1 is 0.833 bits per heavy atom. The minimum Gasteiger partial charge on any atom is -0.378 e. The number of hydrogen-bond donors (Lipinski definition) is 2. The monoisotopic (exact) mass is 485 g/mol. The molecule has 4 aromatic rings. The Hall–Kier alpha value is -3.85. The van der Waals surface area contributed by atoms with Crippen LogP contribution in [-0.2, 0) is 0 Å². The minimum absolute atomic E-state index is 0.171. The van der Waals surface area contributed by atoms with Gasteiger partial charge in [-0.3, -0.25) is 4.57 Å². The van der Waals surface area contributed by atoms with Crippen molar-refractivity contribution in [1.82, 2.24) is 24.4 Å². The van der Waals surface area contributed by atoms with Gasteiger partial charge >= 0.3 is 0 Å². The van der Waals surface area contributed by atoms with Crippen molar-refractivity contribution >= 4 is 45.8 Å². The number of nitrogens with zero attached hydrogens (tertiary/aromatic N) is 7. The van der Waals surface area contributed by atoms with Gasteiger partial charge in [0, 0.05) is 69.1 Å². The minimum atomic E-state index is 0.171. The first-order valence-electron chi connectivity index (χ1n) is 12.5. The Labute approximate surface area is 212 Å². The fourth-order valence-electron chi connectivity index (χ4n) is 4.45. The largest absolute Gasteiger partial charge is 0.378 e. The first kappa shape index (κ1) is 23.9. The van der Waals surface area contributed by atoms with Crippen molar-refractivity contribution < 1.29 is 0 Å². The van der Waals surface area contributed by atoms with Crippen LogP contribution in [-0.4, -0.2) is 71.7 Å². The van der Waals surface area contributed by atoms with E-state index in [0.29, 0.717) is 5.95 Å². The molecule has 1 fully saturated rings. The van der Waals surface area contributed by atoms with E-state index in [1.165, 1.54) is 5.69 Å². The second-order valence-corrected chi connectivity index (χ2v) is 9.83. The van der Waals surface area contributed by atoms with E-state index in [9.17, 15) is 0 Å². The highest BCUT2D eigenvalue weighted by Gasteiger charge is 2.17. The summed E-state index contributed by atoms with van der Waals surface area (Å²) in [6.45, 7) is 8.56. The topological polar surface area (TPSA) is 77.4 Å². The molecule has 3 heterocycles. The Morgan fingerprint density at radius 3 is 2.11 bits per heavy atom. The molecule has 0 saturated carbocycles. The number of fused-ring (bicyclic) bond motifs is 1. The van der Waals surface area contributed by atoms with Crippen molar-refractivity contribution in [2.24, 2.45) is 0 Å². The lowest BCUT2D eigenvalue weighted by Gasteiger charge is -2.34. The third-order valence-electron chi connectivity index (χ3n) is 6.58. The van der Waals surface area contributed by atoms with Crippen LogP contribution >= 0.6 is 0 Å². The predicted octanol–water partition coefficient (Wildman–Crippen LogP) is 4.71. The number of aromatic nitrogens is 4. The van der Waals surface area contributed by atoms with Crippen LogP contribution in [0.25, 0.3) is 11.2 Å². The van der Waals surface area contributed by atoms with Crippen molar-refractivity contribution in [3.8, 4) is 0 Å². The molecule has 1 aliphatic heterocycles. The maximum Gasteiger partial charge on any atom is 0.229 e. The molecular weight excluding hydrogens is 450 g/mol. The van der Waals surface area contributed by atoms with Crippen LogP contribution in [0.1, 0.15) is 19.9 Å². The van der Waals surface area contributed by atoms with Gasteiger partial charge in [0.2, 0.25) is 11.9 Å². The summed E-state index contributed by atoms with van der Waals surface area (Å²) in [6.07, 6.45) is 1.78. The highest BCUT2D eigenvalue weighted by molar-refractivity contribution is 5.77. The highest BCUT2D eigenvalue weighted by atomic mass is 15.3. The van der Waals surface area contributed by atoms with E-state index in [1.807, 2.05) is 14.1 Å². The van der Waals surface area contributed by atoms with Crippen LogP contribution in [0.2, 0.25) is 0 Å². The van der Waals surface area contributed by atoms with Crippen molar-refractivity contribution in [2.75, 3.05) is 67.8 Å². The van der Waals surface area contributed by atoms with Gasteiger partial charge in [-0.05, 0) is 69.4 Å². The van der Waals surface area contributed by atoms with Crippen LogP contribution in [0.4, 0.5) is 34.6 Å². The van der Waals surface area contributed by atoms with E-state index in [-0.39, 0.29) is 6.04 Å². The van der Waals surface area contributed by atoms with Gasteiger partial charge in [-0.25, -0.2) is 9.97 Å². The SMILES string of the molecule is CC(C)n1c(Nc2ccc(N(C)C)cc2)nc2cnc(Nc3ccc(N4CCN(C)CC4)cc3)nc21. The zero-order valence-corrected chi connectivity index (χ0v) is 21.7. The molecule has 0 bridgehead atoms. The Bertz CT molecular complexity index is 1300. The second-order valence-electron chi connectivity index (χ2n) is 9.83. The first-order chi connectivity index (χ1) is 17.4. The zero-order chi connectivity index (χ0) is 25.2. The van der Waals surface area contributed by atoms with Gasteiger partial charge in [0.05, 0.1) is 6.20 Å². The molecule has 2 aromatic heterocycles. The summed E-state index contributed by atoms with van der Waals surface area (Å²) in [6, 6.07) is 17.0. The summed E-state index contributed by atoms with van der Waals surface area (Å²) < 4.78 is 2.11. The molecule has 2 N–H and O–H groups in total. The number of piperazine rings is 1. The summed E-state index contributed by atoms with van der Waals surface area (Å²) in [5.41, 5.74) is 5.89. The fraction of sp³-hybridized carbons (Fsp3) is 0.370. The van der Waals surface area contributed by atoms with Crippen molar-refractivity contribution in [3.63, 3.8) is 0 Å². The molecule has 9 nitrogen and oxygen atoms in total. The van der Waals surface area contributed by atoms with E-state index in [0.717, 1.165) is 60.4 Å². The quantitative estimate of drug-likeness (QED) is 0.390. The van der Waals surface area contributed by atoms with Gasteiger partial charge in [0.15, 0.2) is 5.65 Å². The Balaban J connectivity index is 1.35. The third kappa shape index (κ3) is 5.06. The summed E-state index contributed by atoms with van der Waals surface area (Å²) >= 11 is 0. The normalized spacial score (nSPS) is 14.4. The molecular formula is C27H35N9. The molecule has 0 atom stereocenters. The van der Waals surface area contributed by atoms with E-state index in [1.54, 1.807) is 6.20 Å². The van der Waals surface area contributed by atoms with Crippen LogP contribution in [0.3, 0.4) is 0 Å². The fourth-order valence-corrected chi connectivity index (χ4v) is 4.45. The third-order valence-corrected chi connectivity index (χ3v) is 6.58. The Morgan fingerprint density at radius 2 is 1.47 bits per heavy atom. The van der Waals surface area contributed by atoms with Crippen molar-refractivity contribution in [3.05, 3.63) is 54.7 Å². The molecule has 0 spiro atoms. The molecule has 188 valence electrons. The van der Waals surface area contributed by atoms with Gasteiger partial charge in [-0.2, -0.15) is 4.98 Å². The predicted molar refractivity (Wildman–Crippen MR) is 149 cm³/mol. The van der Waals surface area contributed by atoms with E-state index in [4.69, 9.17) is 9.97 Å². The van der Waals surface area contributed by atoms with Crippen LogP contribution in [0.15, 0.2) is 54.7 Å². The summed E-state index contributed by atoms with van der Waals surface area (Å²) in [5, 5.41) is 6.82. The van der Waals surface area contributed by atoms with Gasteiger partial charge in [-0.15, -0.1) is 0 Å². The maximum absolute atomic E-state index is 4.83. The molecule has 0 aliphatic carbocycles. The van der Waals surface area contributed by atoms with Gasteiger partial charge in [0.1, 0.15) is 5.52 Å². The number of rotatable bonds is 7. The van der Waals surface area contributed by atoms with Crippen LogP contribution in [0.5, 0.6) is 0 Å². The number of benzene rings is 2. The maximum atomic E-state index is 4.83. The number of anilines is 6. The molecule has 5 rings (SSSR count). The highest BCUT2D eigenvalue weighted by Crippen LogP contribution is 2.28. The van der Waals surface area contributed by atoms with Gasteiger partial charge < -0.3 is 25.3 Å². The lowest BCUT2D eigenvalue weighted by molar-refractivity contribution is 0.313. The summed E-state index contributed by atoms with van der Waals surface area (Å²) in [7, 11) is 6.24. The average molecular weight is 486 g/mol. The number of imidazole rings is 1. The van der Waals surface area contributed by atoms with Crippen LogP contribution in [0, 0.1) is 0 Å². The molecule has 1 saturated heterocycles. The summed E-state index contributed by atoms with van der Waals surface area (Å²) in [5.74, 6) is 1.30. The average Bonchev–Trinajstić information content (AvgIpc) is 3.22. The molecule has 36 heavy (non-hydrogen) atoms. The van der Waals surface area contributed by atoms with Crippen molar-refractivity contribution in [2.45, 2.75) is 19.9 Å². The van der Waals surface area contributed by atoms with E-state index >= 15 is 0 Å². The standard InChI is InChI=1S/C27H35N9/c1-19(2)36-25-24(31-27(36)30-21-6-10-22(11-7-21)33(3)4)18-28-26(32-25)29-20-8-12-23(13-9-20)35-16-14-34(5)15-17-35/h6-13,18-19H,14-17H2,1-5H3,(H,30,31)(H,28,29,32). The smallest absolute Gasteiger partial charge is 0.229 e. The summed E-state index contributed by atoms with van der Waals surface area (Å²) in [4.78, 5) is 21.0. The zero-order valence-electron chi connectivity index (χ0n) is 21.7. The number of likely N-dealkylation sites (N-methyl/N-ethyl adjacent to an activating group) is 1. The number of hydrogen-bond acceptors (Lipinski definition) is 8. The van der Waals surface area contributed by atoms with Crippen molar-refractivity contribution in [1.29, 1.82) is 0 Å². The Kier molecular flexibility index (Phi) is 6.65. The molecule has 9 heteroatoms. The van der Waals surface area contributed by atoms with Gasteiger partial charge in [-0.1, -0.05) is 0 Å². The molecule has 0 amide bonds. The first-order valence-corrected chi connectivity index (χ1v) is 12.5. The second kappa shape index (κ2) is 10.0. The van der Waals surface area contributed by atoms with E-state index < -0.39 is 0 Å². The lowest BCUT2D eigenvalue weighted by Crippen LogP contribution is -2.44. The molecule has 0 radical (unpaired) electrons. The number of nitrogens with one attached hydrogen (secondary N) is 2.